The van der Waals surface area contributed by atoms with E-state index in [0.29, 0.717) is 5.56 Å². The first kappa shape index (κ1) is 25.1. The lowest BCUT2D eigenvalue weighted by Gasteiger charge is -2.24. The van der Waals surface area contributed by atoms with E-state index in [9.17, 15) is 14.2 Å². The summed E-state index contributed by atoms with van der Waals surface area (Å²) in [5, 5.41) is 2.52. The number of ether oxygens (including phenoxy) is 2. The Morgan fingerprint density at radius 1 is 1.10 bits per heavy atom. The lowest BCUT2D eigenvalue weighted by atomic mass is 10.1. The summed E-state index contributed by atoms with van der Waals surface area (Å²) in [5.74, 6) is -0.373. The second-order valence-corrected chi connectivity index (χ2v) is 9.25. The van der Waals surface area contributed by atoms with Crippen molar-refractivity contribution in [2.75, 3.05) is 25.1 Å². The van der Waals surface area contributed by atoms with Crippen molar-refractivity contribution >= 4 is 25.5 Å². The number of hydrogen-bond acceptors (Lipinski definition) is 8. The predicted molar refractivity (Wildman–Crippen MR) is 109 cm³/mol. The highest BCUT2D eigenvalue weighted by atomic mass is 31.2. The molecule has 0 aliphatic carbocycles. The molecule has 0 spiro atoms. The molecule has 0 aromatic carbocycles. The lowest BCUT2D eigenvalue weighted by Crippen LogP contribution is -2.28. The molecule has 1 N–H and O–H groups in total. The van der Waals surface area contributed by atoms with Gasteiger partial charge in [-0.15, -0.1) is 0 Å². The maximum absolute atomic E-state index is 13.1. The number of carbonyl (C=O) groups is 2. The molecule has 1 atom stereocenters. The summed E-state index contributed by atoms with van der Waals surface area (Å²) in [7, 11) is -3.73. The van der Waals surface area contributed by atoms with Crippen molar-refractivity contribution in [1.82, 2.24) is 4.98 Å². The van der Waals surface area contributed by atoms with Gasteiger partial charge in [0.1, 0.15) is 11.4 Å². The topological polar surface area (TPSA) is 113 Å². The van der Waals surface area contributed by atoms with Gasteiger partial charge in [-0.2, -0.15) is 0 Å². The van der Waals surface area contributed by atoms with Crippen molar-refractivity contribution in [3.8, 4) is 0 Å². The van der Waals surface area contributed by atoms with Crippen molar-refractivity contribution in [2.24, 2.45) is 0 Å². The zero-order chi connectivity index (χ0) is 22.1. The molecule has 0 saturated carbocycles. The molecule has 1 aromatic rings. The normalized spacial score (nSPS) is 12.9. The zero-order valence-corrected chi connectivity index (χ0v) is 18.8. The van der Waals surface area contributed by atoms with Crippen molar-refractivity contribution in [3.63, 3.8) is 0 Å². The van der Waals surface area contributed by atoms with Crippen LogP contribution in [0.25, 0.3) is 0 Å². The fraction of sp³-hybridized carbons (Fsp3) is 0.632. The Balaban J connectivity index is 2.97. The first-order valence-corrected chi connectivity index (χ1v) is 11.2. The molecule has 0 radical (unpaired) electrons. The Bertz CT molecular complexity index is 706. The van der Waals surface area contributed by atoms with Crippen LogP contribution in [0, 0.1) is 0 Å². The Hall–Kier alpha value is -1.96. The minimum absolute atomic E-state index is 0.0514. The summed E-state index contributed by atoms with van der Waals surface area (Å²) in [6.45, 7) is 10.7. The molecule has 1 unspecified atom stereocenters. The van der Waals surface area contributed by atoms with Crippen LogP contribution in [0.3, 0.4) is 0 Å². The van der Waals surface area contributed by atoms with Gasteiger partial charge in [-0.25, -0.2) is 9.78 Å². The molecule has 1 rings (SSSR count). The zero-order valence-electron chi connectivity index (χ0n) is 17.9. The molecule has 164 valence electrons. The molecule has 0 saturated heterocycles. The molecule has 9 nitrogen and oxygen atoms in total. The lowest BCUT2D eigenvalue weighted by molar-refractivity contribution is -0.143. The molecule has 0 aliphatic heterocycles. The Morgan fingerprint density at radius 3 is 2.17 bits per heavy atom. The fourth-order valence-electron chi connectivity index (χ4n) is 2.39. The Morgan fingerprint density at radius 2 is 1.72 bits per heavy atom. The number of nitrogens with one attached hydrogen (secondary N) is 1. The van der Waals surface area contributed by atoms with E-state index in [-0.39, 0.29) is 32.1 Å². The minimum atomic E-state index is -3.73. The Kier molecular flexibility index (Phi) is 9.76. The first-order chi connectivity index (χ1) is 13.5. The van der Waals surface area contributed by atoms with Gasteiger partial charge in [0.2, 0.25) is 0 Å². The summed E-state index contributed by atoms with van der Waals surface area (Å²) in [5.41, 5.74) is -1.14. The van der Waals surface area contributed by atoms with E-state index >= 15 is 0 Å². The summed E-state index contributed by atoms with van der Waals surface area (Å²) in [6.07, 6.45) is 0.899. The third-order valence-electron chi connectivity index (χ3n) is 3.44. The van der Waals surface area contributed by atoms with Gasteiger partial charge in [0.15, 0.2) is 5.66 Å². The third kappa shape index (κ3) is 8.51. The van der Waals surface area contributed by atoms with Gasteiger partial charge < -0.3 is 18.5 Å². The van der Waals surface area contributed by atoms with Crippen LogP contribution in [0.1, 0.15) is 47.1 Å². The number of pyridine rings is 1. The standard InChI is InChI=1S/C19H31N2O7P/c1-7-25-17(22)15(29(24,26-8-2)27-9-3)12-14-10-11-16(20-13-14)21-18(23)28-19(4,5)6/h10-11,13,15H,7-9,12H2,1-6H3,(H,20,21,23). The molecular weight excluding hydrogens is 399 g/mol. The maximum atomic E-state index is 13.1. The van der Waals surface area contributed by atoms with Gasteiger partial charge in [0, 0.05) is 6.20 Å². The highest BCUT2D eigenvalue weighted by Gasteiger charge is 2.42. The van der Waals surface area contributed by atoms with Crippen LogP contribution < -0.4 is 5.32 Å². The fourth-order valence-corrected chi connectivity index (χ4v) is 4.31. The number of aromatic nitrogens is 1. The number of amides is 1. The van der Waals surface area contributed by atoms with Crippen molar-refractivity contribution in [2.45, 2.75) is 59.2 Å². The third-order valence-corrected chi connectivity index (χ3v) is 5.83. The van der Waals surface area contributed by atoms with Gasteiger partial charge in [-0.1, -0.05) is 6.07 Å². The van der Waals surface area contributed by atoms with Gasteiger partial charge in [-0.05, 0) is 59.6 Å². The van der Waals surface area contributed by atoms with Crippen LogP contribution in [-0.4, -0.2) is 48.1 Å². The molecule has 29 heavy (non-hydrogen) atoms. The van der Waals surface area contributed by atoms with Crippen molar-refractivity contribution in [1.29, 1.82) is 0 Å². The Labute approximate surface area is 172 Å². The van der Waals surface area contributed by atoms with Crippen LogP contribution >= 0.6 is 7.60 Å². The summed E-state index contributed by atoms with van der Waals surface area (Å²) >= 11 is 0. The highest BCUT2D eigenvalue weighted by Crippen LogP contribution is 2.54. The van der Waals surface area contributed by atoms with Gasteiger partial charge >= 0.3 is 19.7 Å². The van der Waals surface area contributed by atoms with Gasteiger partial charge in [0.25, 0.3) is 0 Å². The average molecular weight is 430 g/mol. The largest absolute Gasteiger partial charge is 0.465 e. The van der Waals surface area contributed by atoms with Crippen LogP contribution in [0.4, 0.5) is 10.6 Å². The molecule has 1 amide bonds. The van der Waals surface area contributed by atoms with Crippen LogP contribution in [0.5, 0.6) is 0 Å². The smallest absolute Gasteiger partial charge is 0.413 e. The quantitative estimate of drug-likeness (QED) is 0.435. The van der Waals surface area contributed by atoms with Gasteiger partial charge in [0.05, 0.1) is 19.8 Å². The highest BCUT2D eigenvalue weighted by molar-refractivity contribution is 7.55. The number of hydrogen-bond donors (Lipinski definition) is 1. The monoisotopic (exact) mass is 430 g/mol. The number of rotatable bonds is 10. The van der Waals surface area contributed by atoms with E-state index in [2.05, 4.69) is 10.3 Å². The number of esters is 1. The van der Waals surface area contributed by atoms with Gasteiger partial charge in [-0.3, -0.25) is 14.7 Å². The predicted octanol–water partition coefficient (Wildman–Crippen LogP) is 4.17. The summed E-state index contributed by atoms with van der Waals surface area (Å²) in [4.78, 5) is 28.4. The molecule has 0 fully saturated rings. The summed E-state index contributed by atoms with van der Waals surface area (Å²) < 4.78 is 34.1. The van der Waals surface area contributed by atoms with E-state index in [1.807, 2.05) is 0 Å². The molecule has 0 aliphatic rings. The van der Waals surface area contributed by atoms with E-state index in [1.165, 1.54) is 6.20 Å². The van der Waals surface area contributed by atoms with E-state index in [4.69, 9.17) is 18.5 Å². The van der Waals surface area contributed by atoms with Crippen LogP contribution in [0.15, 0.2) is 18.3 Å². The van der Waals surface area contributed by atoms with E-state index < -0.39 is 30.9 Å². The second kappa shape index (κ2) is 11.3. The molecule has 1 heterocycles. The van der Waals surface area contributed by atoms with E-state index in [0.717, 1.165) is 0 Å². The number of anilines is 1. The second-order valence-electron chi connectivity index (χ2n) is 7.03. The van der Waals surface area contributed by atoms with Crippen molar-refractivity contribution < 1.29 is 32.7 Å². The van der Waals surface area contributed by atoms with Crippen molar-refractivity contribution in [3.05, 3.63) is 23.9 Å². The van der Waals surface area contributed by atoms with Crippen LogP contribution in [-0.2, 0) is 34.3 Å². The molecule has 0 bridgehead atoms. The first-order valence-electron chi connectivity index (χ1n) is 9.55. The average Bonchev–Trinajstić information content (AvgIpc) is 2.59. The minimum Gasteiger partial charge on any atom is -0.465 e. The maximum Gasteiger partial charge on any atom is 0.413 e. The molecule has 10 heteroatoms. The molecular formula is C19H31N2O7P. The molecule has 1 aromatic heterocycles. The van der Waals surface area contributed by atoms with E-state index in [1.54, 1.807) is 53.7 Å². The van der Waals surface area contributed by atoms with Crippen LogP contribution in [0.2, 0.25) is 0 Å². The number of carbonyl (C=O) groups excluding carboxylic acids is 2. The summed E-state index contributed by atoms with van der Waals surface area (Å²) in [6, 6.07) is 3.22. The SMILES string of the molecule is CCOC(=O)C(Cc1ccc(NC(=O)OC(C)(C)C)nc1)P(=O)(OCC)OCC. The number of nitrogens with zero attached hydrogens (tertiary/aromatic N) is 1.